The second kappa shape index (κ2) is 12.0. The number of carbonyl (C=O) groups excluding carboxylic acids is 2. The van der Waals surface area contributed by atoms with E-state index in [2.05, 4.69) is 5.32 Å². The molecule has 0 heterocycles. The number of aryl methyl sites for hydroxylation is 2. The lowest BCUT2D eigenvalue weighted by molar-refractivity contribution is -0.139. The third-order valence-corrected chi connectivity index (χ3v) is 7.83. The van der Waals surface area contributed by atoms with Crippen LogP contribution in [0.25, 0.3) is 0 Å². The van der Waals surface area contributed by atoms with Crippen LogP contribution in [0.2, 0.25) is 0 Å². The SMILES string of the molecule is CCNC(=O)[C@@H](C)N(Cc1ccc(F)cc1)C(=O)CN(c1ccccc1C)S(=O)(=O)c1ccc(C)cc1. The summed E-state index contributed by atoms with van der Waals surface area (Å²) in [4.78, 5) is 27.8. The van der Waals surface area contributed by atoms with Crippen LogP contribution in [0.4, 0.5) is 10.1 Å². The van der Waals surface area contributed by atoms with Crippen LogP contribution in [-0.2, 0) is 26.2 Å². The summed E-state index contributed by atoms with van der Waals surface area (Å²) in [7, 11) is -4.12. The van der Waals surface area contributed by atoms with Crippen LogP contribution in [-0.4, -0.2) is 44.3 Å². The van der Waals surface area contributed by atoms with E-state index in [4.69, 9.17) is 0 Å². The van der Waals surface area contributed by atoms with Crippen molar-refractivity contribution < 1.29 is 22.4 Å². The number of sulfonamides is 1. The van der Waals surface area contributed by atoms with Crippen LogP contribution in [0, 0.1) is 19.7 Å². The van der Waals surface area contributed by atoms with Gasteiger partial charge in [-0.15, -0.1) is 0 Å². The topological polar surface area (TPSA) is 86.8 Å². The highest BCUT2D eigenvalue weighted by Gasteiger charge is 2.32. The molecule has 3 rings (SSSR count). The fourth-order valence-electron chi connectivity index (χ4n) is 3.89. The number of hydrogen-bond acceptors (Lipinski definition) is 4. The van der Waals surface area contributed by atoms with Crippen LogP contribution in [0.5, 0.6) is 0 Å². The predicted molar refractivity (Wildman–Crippen MR) is 142 cm³/mol. The zero-order chi connectivity index (χ0) is 27.2. The molecule has 0 saturated heterocycles. The molecule has 0 bridgehead atoms. The van der Waals surface area contributed by atoms with E-state index in [-0.39, 0.29) is 17.3 Å². The second-order valence-corrected chi connectivity index (χ2v) is 10.7. The normalized spacial score (nSPS) is 12.0. The van der Waals surface area contributed by atoms with Gasteiger partial charge in [0.25, 0.3) is 10.0 Å². The van der Waals surface area contributed by atoms with Crippen molar-refractivity contribution in [3.05, 3.63) is 95.3 Å². The van der Waals surface area contributed by atoms with Gasteiger partial charge in [0, 0.05) is 13.1 Å². The van der Waals surface area contributed by atoms with E-state index in [1.165, 1.54) is 41.3 Å². The molecule has 3 aromatic carbocycles. The van der Waals surface area contributed by atoms with Gasteiger partial charge in [0.1, 0.15) is 18.4 Å². The monoisotopic (exact) mass is 525 g/mol. The standard InChI is InChI=1S/C28H32FN3O4S/c1-5-30-28(34)22(4)31(18-23-12-14-24(29)15-13-23)27(33)19-32(26-9-7-6-8-21(26)3)37(35,36)25-16-10-20(2)11-17-25/h6-17,22H,5,18-19H2,1-4H3,(H,30,34)/t22-/m1/s1. The van der Waals surface area contributed by atoms with Crippen LogP contribution in [0.3, 0.4) is 0 Å². The van der Waals surface area contributed by atoms with Crippen molar-refractivity contribution in [2.24, 2.45) is 0 Å². The molecule has 0 aliphatic carbocycles. The number of amides is 2. The number of halogens is 1. The lowest BCUT2D eigenvalue weighted by atomic mass is 10.1. The number of nitrogens with zero attached hydrogens (tertiary/aromatic N) is 2. The Bertz CT molecular complexity index is 1340. The van der Waals surface area contributed by atoms with Crippen LogP contribution in [0.1, 0.15) is 30.5 Å². The molecule has 3 aromatic rings. The number of benzene rings is 3. The third kappa shape index (κ3) is 6.74. The first-order valence-electron chi connectivity index (χ1n) is 12.0. The van der Waals surface area contributed by atoms with Gasteiger partial charge in [-0.3, -0.25) is 13.9 Å². The van der Waals surface area contributed by atoms with Gasteiger partial charge in [0.15, 0.2) is 0 Å². The summed E-state index contributed by atoms with van der Waals surface area (Å²) in [6.07, 6.45) is 0. The van der Waals surface area contributed by atoms with E-state index >= 15 is 0 Å². The number of nitrogens with one attached hydrogen (secondary N) is 1. The first-order valence-corrected chi connectivity index (χ1v) is 13.4. The molecule has 0 radical (unpaired) electrons. The Kier molecular flexibility index (Phi) is 9.04. The van der Waals surface area contributed by atoms with E-state index in [0.717, 1.165) is 9.87 Å². The van der Waals surface area contributed by atoms with Crippen LogP contribution in [0.15, 0.2) is 77.7 Å². The molecule has 2 amide bonds. The maximum Gasteiger partial charge on any atom is 0.264 e. The Morgan fingerprint density at radius 1 is 0.946 bits per heavy atom. The van der Waals surface area contributed by atoms with Gasteiger partial charge in [-0.05, 0) is 69.2 Å². The summed E-state index contributed by atoms with van der Waals surface area (Å²) >= 11 is 0. The fourth-order valence-corrected chi connectivity index (χ4v) is 5.36. The van der Waals surface area contributed by atoms with E-state index < -0.39 is 34.3 Å². The quantitative estimate of drug-likeness (QED) is 0.430. The molecule has 1 N–H and O–H groups in total. The summed E-state index contributed by atoms with van der Waals surface area (Å²) in [5.41, 5.74) is 2.55. The molecule has 1 atom stereocenters. The first kappa shape index (κ1) is 27.9. The number of likely N-dealkylation sites (N-methyl/N-ethyl adjacent to an activating group) is 1. The molecule has 9 heteroatoms. The lowest BCUT2D eigenvalue weighted by Crippen LogP contribution is -2.51. The van der Waals surface area contributed by atoms with Gasteiger partial charge in [-0.25, -0.2) is 12.8 Å². The van der Waals surface area contributed by atoms with Crippen LogP contribution < -0.4 is 9.62 Å². The molecule has 0 aliphatic heterocycles. The molecule has 0 aliphatic rings. The predicted octanol–water partition coefficient (Wildman–Crippen LogP) is 4.19. The van der Waals surface area contributed by atoms with Crippen molar-refractivity contribution >= 4 is 27.5 Å². The fraction of sp³-hybridized carbons (Fsp3) is 0.286. The molecule has 0 spiro atoms. The van der Waals surface area contributed by atoms with Crippen molar-refractivity contribution in [2.45, 2.75) is 45.2 Å². The Morgan fingerprint density at radius 2 is 1.57 bits per heavy atom. The number of anilines is 1. The molecular weight excluding hydrogens is 493 g/mol. The number of carbonyl (C=O) groups is 2. The van der Waals surface area contributed by atoms with Crippen LogP contribution >= 0.6 is 0 Å². The molecule has 7 nitrogen and oxygen atoms in total. The Morgan fingerprint density at radius 3 is 2.16 bits per heavy atom. The van der Waals surface area contributed by atoms with Gasteiger partial charge in [0.05, 0.1) is 10.6 Å². The summed E-state index contributed by atoms with van der Waals surface area (Å²) in [5, 5.41) is 2.71. The van der Waals surface area contributed by atoms with Crippen molar-refractivity contribution in [3.63, 3.8) is 0 Å². The van der Waals surface area contributed by atoms with Crippen molar-refractivity contribution in [2.75, 3.05) is 17.4 Å². The van der Waals surface area contributed by atoms with E-state index in [9.17, 15) is 22.4 Å². The summed E-state index contributed by atoms with van der Waals surface area (Å²) in [6.45, 7) is 6.83. The average Bonchev–Trinajstić information content (AvgIpc) is 2.87. The van der Waals surface area contributed by atoms with Gasteiger partial charge < -0.3 is 10.2 Å². The molecule has 0 unspecified atom stereocenters. The van der Waals surface area contributed by atoms with E-state index in [0.29, 0.717) is 23.4 Å². The number of para-hydroxylation sites is 1. The summed E-state index contributed by atoms with van der Waals surface area (Å²) in [5.74, 6) is -1.36. The van der Waals surface area contributed by atoms with Crippen molar-refractivity contribution in [1.82, 2.24) is 10.2 Å². The average molecular weight is 526 g/mol. The highest BCUT2D eigenvalue weighted by Crippen LogP contribution is 2.27. The first-order chi connectivity index (χ1) is 17.5. The van der Waals surface area contributed by atoms with E-state index in [1.54, 1.807) is 57.2 Å². The smallest absolute Gasteiger partial charge is 0.264 e. The summed E-state index contributed by atoms with van der Waals surface area (Å²) < 4.78 is 42.1. The molecule has 0 saturated carbocycles. The Hall–Kier alpha value is -3.72. The largest absolute Gasteiger partial charge is 0.355 e. The van der Waals surface area contributed by atoms with Crippen molar-refractivity contribution in [3.8, 4) is 0 Å². The van der Waals surface area contributed by atoms with Gasteiger partial charge >= 0.3 is 0 Å². The zero-order valence-electron chi connectivity index (χ0n) is 21.4. The lowest BCUT2D eigenvalue weighted by Gasteiger charge is -2.32. The highest BCUT2D eigenvalue weighted by atomic mass is 32.2. The zero-order valence-corrected chi connectivity index (χ0v) is 22.3. The Labute approximate surface area is 218 Å². The van der Waals surface area contributed by atoms with Gasteiger partial charge in [-0.1, -0.05) is 48.0 Å². The third-order valence-electron chi connectivity index (χ3n) is 6.06. The van der Waals surface area contributed by atoms with E-state index in [1.807, 2.05) is 6.92 Å². The molecular formula is C28H32FN3O4S. The minimum Gasteiger partial charge on any atom is -0.355 e. The maximum atomic E-state index is 13.8. The molecule has 196 valence electrons. The van der Waals surface area contributed by atoms with Crippen molar-refractivity contribution in [1.29, 1.82) is 0 Å². The second-order valence-electron chi connectivity index (χ2n) is 8.83. The Balaban J connectivity index is 2.03. The summed E-state index contributed by atoms with van der Waals surface area (Å²) in [6, 6.07) is 18.0. The minimum absolute atomic E-state index is 0.00358. The van der Waals surface area contributed by atoms with Gasteiger partial charge in [-0.2, -0.15) is 0 Å². The number of rotatable bonds is 10. The molecule has 37 heavy (non-hydrogen) atoms. The minimum atomic E-state index is -4.12. The maximum absolute atomic E-state index is 13.8. The molecule has 0 fully saturated rings. The molecule has 0 aromatic heterocycles. The number of hydrogen-bond donors (Lipinski definition) is 1. The highest BCUT2D eigenvalue weighted by molar-refractivity contribution is 7.92. The van der Waals surface area contributed by atoms with Gasteiger partial charge in [0.2, 0.25) is 11.8 Å².